The van der Waals surface area contributed by atoms with Gasteiger partial charge in [0.1, 0.15) is 0 Å². The molecule has 1 aromatic carbocycles. The molecule has 0 saturated carbocycles. The topological polar surface area (TPSA) is 46.2 Å². The molecule has 1 unspecified atom stereocenters. The second kappa shape index (κ2) is 6.20. The van der Waals surface area contributed by atoms with Crippen LogP contribution in [0.1, 0.15) is 18.9 Å². The lowest BCUT2D eigenvalue weighted by molar-refractivity contribution is 0.570. The predicted octanol–water partition coefficient (Wildman–Crippen LogP) is 3.21. The predicted molar refractivity (Wildman–Crippen MR) is 79.8 cm³/mol. The Bertz CT molecular complexity index is 591. The van der Waals surface area contributed by atoms with Crippen molar-refractivity contribution in [3.8, 4) is 12.3 Å². The molecule has 0 aliphatic heterocycles. The summed E-state index contributed by atoms with van der Waals surface area (Å²) in [6.07, 6.45) is 5.80. The Balaban J connectivity index is 3.22. The number of nitrogens with one attached hydrogen (secondary N) is 1. The number of halogens is 2. The van der Waals surface area contributed by atoms with Crippen molar-refractivity contribution >= 4 is 41.9 Å². The van der Waals surface area contributed by atoms with Gasteiger partial charge >= 0.3 is 0 Å². The number of hydrogen-bond acceptors (Lipinski definition) is 2. The Kier molecular flexibility index (Phi) is 5.41. The number of hydrogen-bond donors (Lipinski definition) is 1. The zero-order valence-corrected chi connectivity index (χ0v) is 14.0. The minimum absolute atomic E-state index is 0.175. The monoisotopic (exact) mass is 393 g/mol. The van der Waals surface area contributed by atoms with Crippen LogP contribution < -0.4 is 4.72 Å². The zero-order chi connectivity index (χ0) is 13.9. The summed E-state index contributed by atoms with van der Waals surface area (Å²) in [5.74, 6) is 2.41. The van der Waals surface area contributed by atoms with Crippen molar-refractivity contribution in [1.82, 2.24) is 4.72 Å². The quantitative estimate of drug-likeness (QED) is 0.797. The van der Waals surface area contributed by atoms with E-state index in [9.17, 15) is 8.42 Å². The van der Waals surface area contributed by atoms with E-state index in [1.54, 1.807) is 12.1 Å². The van der Waals surface area contributed by atoms with E-state index in [4.69, 9.17) is 6.42 Å². The molecule has 0 fully saturated rings. The molecule has 0 bridgehead atoms. The fourth-order valence-corrected chi connectivity index (χ4v) is 4.24. The summed E-state index contributed by atoms with van der Waals surface area (Å²) in [5.41, 5.74) is 0.949. The van der Waals surface area contributed by atoms with Gasteiger partial charge in [0, 0.05) is 8.95 Å². The van der Waals surface area contributed by atoms with Crippen molar-refractivity contribution in [2.45, 2.75) is 31.2 Å². The van der Waals surface area contributed by atoms with Gasteiger partial charge in [0.25, 0.3) is 0 Å². The highest BCUT2D eigenvalue weighted by Gasteiger charge is 2.21. The van der Waals surface area contributed by atoms with Crippen molar-refractivity contribution in [1.29, 1.82) is 0 Å². The molecule has 98 valence electrons. The first kappa shape index (κ1) is 15.7. The maximum absolute atomic E-state index is 12.2. The molecule has 0 radical (unpaired) electrons. The smallest absolute Gasteiger partial charge is 0.207 e. The van der Waals surface area contributed by atoms with Crippen molar-refractivity contribution in [3.05, 3.63) is 26.6 Å². The summed E-state index contributed by atoms with van der Waals surface area (Å²) >= 11 is 6.58. The molecule has 1 N–H and O–H groups in total. The first-order valence-electron chi connectivity index (χ1n) is 5.26. The van der Waals surface area contributed by atoms with E-state index in [1.165, 1.54) is 0 Å². The van der Waals surface area contributed by atoms with Crippen molar-refractivity contribution in [2.75, 3.05) is 0 Å². The fraction of sp³-hybridized carbons (Fsp3) is 0.333. The SMILES string of the molecule is C#CC(CC)NS(=O)(=O)c1cc(Br)c(C)cc1Br. The lowest BCUT2D eigenvalue weighted by Crippen LogP contribution is -2.33. The Morgan fingerprint density at radius 3 is 2.50 bits per heavy atom. The molecular weight excluding hydrogens is 382 g/mol. The third kappa shape index (κ3) is 3.58. The first-order chi connectivity index (χ1) is 8.31. The number of rotatable bonds is 4. The van der Waals surface area contributed by atoms with Crippen LogP contribution >= 0.6 is 31.9 Å². The molecule has 18 heavy (non-hydrogen) atoms. The van der Waals surface area contributed by atoms with Gasteiger partial charge < -0.3 is 0 Å². The molecule has 0 saturated heterocycles. The summed E-state index contributed by atoms with van der Waals surface area (Å²) in [6, 6.07) is 2.81. The molecule has 1 atom stereocenters. The van der Waals surface area contributed by atoms with Crippen molar-refractivity contribution in [3.63, 3.8) is 0 Å². The maximum Gasteiger partial charge on any atom is 0.242 e. The molecule has 0 aromatic heterocycles. The van der Waals surface area contributed by atoms with Crippen molar-refractivity contribution in [2.24, 2.45) is 0 Å². The molecule has 0 spiro atoms. The number of terminal acetylenes is 1. The molecule has 0 aliphatic carbocycles. The summed E-state index contributed by atoms with van der Waals surface area (Å²) in [4.78, 5) is 0.175. The van der Waals surface area contributed by atoms with E-state index in [-0.39, 0.29) is 4.90 Å². The second-order valence-corrected chi connectivity index (χ2v) is 7.17. The van der Waals surface area contributed by atoms with Crippen molar-refractivity contribution < 1.29 is 8.42 Å². The Morgan fingerprint density at radius 1 is 1.39 bits per heavy atom. The second-order valence-electron chi connectivity index (χ2n) is 3.78. The minimum Gasteiger partial charge on any atom is -0.207 e. The van der Waals surface area contributed by atoms with E-state index < -0.39 is 16.1 Å². The van der Waals surface area contributed by atoms with Gasteiger partial charge in [-0.15, -0.1) is 6.42 Å². The molecule has 6 heteroatoms. The summed E-state index contributed by atoms with van der Waals surface area (Å²) in [7, 11) is -3.62. The molecule has 1 rings (SSSR count). The highest BCUT2D eigenvalue weighted by molar-refractivity contribution is 9.11. The Labute approximate surface area is 125 Å². The molecule has 0 amide bonds. The number of benzene rings is 1. The molecular formula is C12H13Br2NO2S. The largest absolute Gasteiger partial charge is 0.242 e. The molecule has 3 nitrogen and oxygen atoms in total. The molecule has 0 aliphatic rings. The van der Waals surface area contributed by atoms with Crippen LogP contribution in [-0.2, 0) is 10.0 Å². The maximum atomic E-state index is 12.2. The van der Waals surface area contributed by atoms with E-state index in [1.807, 2.05) is 13.8 Å². The number of sulfonamides is 1. The van der Waals surface area contributed by atoms with Gasteiger partial charge in [-0.3, -0.25) is 0 Å². The van der Waals surface area contributed by atoms with Crippen LogP contribution in [0.4, 0.5) is 0 Å². The van der Waals surface area contributed by atoms with E-state index in [0.717, 1.165) is 10.0 Å². The summed E-state index contributed by atoms with van der Waals surface area (Å²) < 4.78 is 28.1. The Hall–Kier alpha value is -0.350. The minimum atomic E-state index is -3.62. The zero-order valence-electron chi connectivity index (χ0n) is 10.00. The van der Waals surface area contributed by atoms with Gasteiger partial charge in [0.15, 0.2) is 0 Å². The highest BCUT2D eigenvalue weighted by atomic mass is 79.9. The van der Waals surface area contributed by atoms with Gasteiger partial charge in [-0.25, -0.2) is 8.42 Å². The average Bonchev–Trinajstić information content (AvgIpc) is 2.30. The number of aryl methyl sites for hydroxylation is 1. The van der Waals surface area contributed by atoms with Crippen LogP contribution in [0.3, 0.4) is 0 Å². The summed E-state index contributed by atoms with van der Waals surface area (Å²) in [5, 5.41) is 0. The third-order valence-electron chi connectivity index (χ3n) is 2.41. The molecule has 1 aromatic rings. The molecule has 0 heterocycles. The van der Waals surface area contributed by atoms with Gasteiger partial charge in [-0.05, 0) is 47.0 Å². The summed E-state index contributed by atoms with van der Waals surface area (Å²) in [6.45, 7) is 3.71. The fourth-order valence-electron chi connectivity index (χ4n) is 1.32. The first-order valence-corrected chi connectivity index (χ1v) is 8.32. The van der Waals surface area contributed by atoms with E-state index in [0.29, 0.717) is 10.9 Å². The van der Waals surface area contributed by atoms with Crippen LogP contribution in [0, 0.1) is 19.3 Å². The van der Waals surface area contributed by atoms with Gasteiger partial charge in [0.05, 0.1) is 10.9 Å². The normalized spacial score (nSPS) is 13.1. The highest BCUT2D eigenvalue weighted by Crippen LogP contribution is 2.28. The third-order valence-corrected chi connectivity index (χ3v) is 5.69. The van der Waals surface area contributed by atoms with E-state index in [2.05, 4.69) is 42.5 Å². The standard InChI is InChI=1S/C12H13Br2NO2S/c1-4-9(5-2)15-18(16,17)12-7-10(13)8(3)6-11(12)14/h1,6-7,9,15H,5H2,2-3H3. The van der Waals surface area contributed by atoms with Crippen LogP contribution in [0.2, 0.25) is 0 Å². The van der Waals surface area contributed by atoms with Crippen LogP contribution in [0.15, 0.2) is 26.0 Å². The van der Waals surface area contributed by atoms with Gasteiger partial charge in [-0.2, -0.15) is 4.72 Å². The van der Waals surface area contributed by atoms with Crippen LogP contribution in [0.25, 0.3) is 0 Å². The van der Waals surface area contributed by atoms with E-state index >= 15 is 0 Å². The lowest BCUT2D eigenvalue weighted by Gasteiger charge is -2.13. The average molecular weight is 395 g/mol. The van der Waals surface area contributed by atoms with Gasteiger partial charge in [-0.1, -0.05) is 28.8 Å². The van der Waals surface area contributed by atoms with Crippen LogP contribution in [0.5, 0.6) is 0 Å². The lowest BCUT2D eigenvalue weighted by atomic mass is 10.2. The van der Waals surface area contributed by atoms with Crippen LogP contribution in [-0.4, -0.2) is 14.5 Å². The van der Waals surface area contributed by atoms with Gasteiger partial charge in [0.2, 0.25) is 10.0 Å². The Morgan fingerprint density at radius 2 is 2.00 bits per heavy atom.